The Bertz CT molecular complexity index is 988. The van der Waals surface area contributed by atoms with Crippen LogP contribution in [0.4, 0.5) is 5.69 Å². The molecule has 0 spiro atoms. The monoisotopic (exact) mass is 437 g/mol. The molecule has 0 aliphatic carbocycles. The Morgan fingerprint density at radius 3 is 2.56 bits per heavy atom. The maximum absolute atomic E-state index is 12.7. The first-order chi connectivity index (χ1) is 15.7. The van der Waals surface area contributed by atoms with E-state index in [1.54, 1.807) is 17.0 Å². The zero-order valence-electron chi connectivity index (χ0n) is 17.9. The Balaban J connectivity index is 1.13. The molecule has 0 radical (unpaired) electrons. The molecule has 2 amide bonds. The number of carbonyl (C=O) groups is 2. The van der Waals surface area contributed by atoms with Crippen LogP contribution in [0.3, 0.4) is 0 Å². The predicted octanol–water partition coefficient (Wildman–Crippen LogP) is 1.92. The number of hydrogen-bond acceptors (Lipinski definition) is 6. The summed E-state index contributed by atoms with van der Waals surface area (Å²) in [6.07, 6.45) is 0.207. The van der Waals surface area contributed by atoms with Crippen LogP contribution in [-0.2, 0) is 27.4 Å². The molecule has 5 rings (SSSR count). The summed E-state index contributed by atoms with van der Waals surface area (Å²) in [5.41, 5.74) is 3.02. The van der Waals surface area contributed by atoms with Crippen molar-refractivity contribution in [3.8, 4) is 11.5 Å². The van der Waals surface area contributed by atoms with Crippen LogP contribution in [0.1, 0.15) is 17.5 Å². The molecule has 0 aromatic heterocycles. The molecule has 1 unspecified atom stereocenters. The molecule has 2 saturated heterocycles. The molecule has 2 aromatic carbocycles. The van der Waals surface area contributed by atoms with Crippen molar-refractivity contribution in [1.29, 1.82) is 0 Å². The summed E-state index contributed by atoms with van der Waals surface area (Å²) in [6, 6.07) is 13.7. The molecule has 3 heterocycles. The second-order valence-corrected chi connectivity index (χ2v) is 8.37. The Kier molecular flexibility index (Phi) is 5.96. The molecule has 168 valence electrons. The second-order valence-electron chi connectivity index (χ2n) is 8.37. The molecule has 0 saturated carbocycles. The zero-order valence-corrected chi connectivity index (χ0v) is 17.9. The first kappa shape index (κ1) is 20.8. The van der Waals surface area contributed by atoms with Crippen LogP contribution in [0.5, 0.6) is 11.5 Å². The number of carbonyl (C=O) groups excluding carboxylic acids is 2. The number of rotatable bonds is 6. The van der Waals surface area contributed by atoms with Gasteiger partial charge >= 0.3 is 0 Å². The van der Waals surface area contributed by atoms with E-state index in [-0.39, 0.29) is 30.9 Å². The van der Waals surface area contributed by atoms with E-state index in [4.69, 9.17) is 14.2 Å². The number of anilines is 1. The molecule has 2 fully saturated rings. The summed E-state index contributed by atoms with van der Waals surface area (Å²) in [6.45, 7) is 5.41. The average molecular weight is 437 g/mol. The maximum Gasteiger partial charge on any atom is 0.231 e. The first-order valence-electron chi connectivity index (χ1n) is 11.0. The minimum atomic E-state index is -0.367. The van der Waals surface area contributed by atoms with Gasteiger partial charge in [-0.15, -0.1) is 0 Å². The minimum absolute atomic E-state index is 0.0588. The Labute approximate surface area is 187 Å². The fourth-order valence-electron chi connectivity index (χ4n) is 4.30. The summed E-state index contributed by atoms with van der Waals surface area (Å²) < 4.78 is 16.1. The topological polar surface area (TPSA) is 80.3 Å². The Morgan fingerprint density at radius 1 is 1.00 bits per heavy atom. The normalized spacial score (nSPS) is 20.6. The van der Waals surface area contributed by atoms with Crippen LogP contribution in [0.2, 0.25) is 0 Å². The number of benzene rings is 2. The molecular formula is C24H27N3O5. The van der Waals surface area contributed by atoms with Crippen molar-refractivity contribution in [3.05, 3.63) is 53.6 Å². The Hall–Kier alpha value is -3.10. The molecule has 8 nitrogen and oxygen atoms in total. The maximum atomic E-state index is 12.7. The summed E-state index contributed by atoms with van der Waals surface area (Å²) >= 11 is 0. The van der Waals surface area contributed by atoms with Crippen molar-refractivity contribution < 1.29 is 23.8 Å². The number of morpholine rings is 1. The van der Waals surface area contributed by atoms with Crippen LogP contribution in [0.25, 0.3) is 0 Å². The van der Waals surface area contributed by atoms with Crippen LogP contribution in [0, 0.1) is 5.92 Å². The van der Waals surface area contributed by atoms with Gasteiger partial charge in [0.1, 0.15) is 0 Å². The summed E-state index contributed by atoms with van der Waals surface area (Å²) in [4.78, 5) is 29.3. The molecule has 3 aliphatic rings. The van der Waals surface area contributed by atoms with E-state index in [1.165, 1.54) is 5.56 Å². The van der Waals surface area contributed by atoms with Gasteiger partial charge in [0, 0.05) is 50.9 Å². The molecule has 1 atom stereocenters. The summed E-state index contributed by atoms with van der Waals surface area (Å²) in [5, 5.41) is 2.99. The fourth-order valence-corrected chi connectivity index (χ4v) is 4.30. The number of ether oxygens (including phenoxy) is 3. The van der Waals surface area contributed by atoms with Gasteiger partial charge in [0.15, 0.2) is 11.5 Å². The van der Waals surface area contributed by atoms with Crippen LogP contribution >= 0.6 is 0 Å². The number of hydrogen-bond donors (Lipinski definition) is 1. The molecule has 0 bridgehead atoms. The lowest BCUT2D eigenvalue weighted by Gasteiger charge is -2.26. The highest BCUT2D eigenvalue weighted by Gasteiger charge is 2.35. The average Bonchev–Trinajstić information content (AvgIpc) is 3.45. The minimum Gasteiger partial charge on any atom is -0.454 e. The number of nitrogens with zero attached hydrogens (tertiary/aromatic N) is 2. The standard InChI is InChI=1S/C24H27N3O5/c28-23-11-19(15-27(23)20-5-6-21-22(12-20)32-16-31-21)24(29)25-13-17-1-3-18(4-2-17)14-26-7-9-30-10-8-26/h1-6,12,19H,7-11,13-16H2,(H,25,29). The van der Waals surface area contributed by atoms with Gasteiger partial charge in [0.05, 0.1) is 19.1 Å². The molecular weight excluding hydrogens is 410 g/mol. The molecule has 1 N–H and O–H groups in total. The highest BCUT2D eigenvalue weighted by atomic mass is 16.7. The molecule has 8 heteroatoms. The van der Waals surface area contributed by atoms with Gasteiger partial charge in [-0.3, -0.25) is 14.5 Å². The fraction of sp³-hybridized carbons (Fsp3) is 0.417. The lowest BCUT2D eigenvalue weighted by atomic mass is 10.1. The van der Waals surface area contributed by atoms with Crippen LogP contribution < -0.4 is 19.7 Å². The first-order valence-corrected chi connectivity index (χ1v) is 11.0. The highest BCUT2D eigenvalue weighted by Crippen LogP contribution is 2.37. The smallest absolute Gasteiger partial charge is 0.231 e. The third-order valence-corrected chi connectivity index (χ3v) is 6.16. The molecule has 32 heavy (non-hydrogen) atoms. The van der Waals surface area contributed by atoms with Crippen molar-refractivity contribution in [2.75, 3.05) is 44.5 Å². The second kappa shape index (κ2) is 9.18. The van der Waals surface area contributed by atoms with Gasteiger partial charge in [-0.1, -0.05) is 24.3 Å². The van der Waals surface area contributed by atoms with E-state index in [0.717, 1.165) is 44.1 Å². The predicted molar refractivity (Wildman–Crippen MR) is 117 cm³/mol. The van der Waals surface area contributed by atoms with Crippen molar-refractivity contribution in [2.45, 2.75) is 19.5 Å². The van der Waals surface area contributed by atoms with E-state index in [2.05, 4.69) is 34.5 Å². The number of fused-ring (bicyclic) bond motifs is 1. The van der Waals surface area contributed by atoms with E-state index in [1.807, 2.05) is 6.07 Å². The Morgan fingerprint density at radius 2 is 1.75 bits per heavy atom. The van der Waals surface area contributed by atoms with Crippen molar-refractivity contribution >= 4 is 17.5 Å². The van der Waals surface area contributed by atoms with Crippen molar-refractivity contribution in [1.82, 2.24) is 10.2 Å². The van der Waals surface area contributed by atoms with E-state index >= 15 is 0 Å². The molecule has 2 aromatic rings. The molecule has 3 aliphatic heterocycles. The number of nitrogens with one attached hydrogen (secondary N) is 1. The lowest BCUT2D eigenvalue weighted by Crippen LogP contribution is -2.35. The van der Waals surface area contributed by atoms with E-state index < -0.39 is 0 Å². The van der Waals surface area contributed by atoms with Gasteiger partial charge in [-0.2, -0.15) is 0 Å². The lowest BCUT2D eigenvalue weighted by molar-refractivity contribution is -0.126. The largest absolute Gasteiger partial charge is 0.454 e. The van der Waals surface area contributed by atoms with Crippen LogP contribution in [-0.4, -0.2) is 56.4 Å². The van der Waals surface area contributed by atoms with Gasteiger partial charge in [-0.05, 0) is 23.3 Å². The third kappa shape index (κ3) is 4.56. The summed E-state index contributed by atoms with van der Waals surface area (Å²) in [7, 11) is 0. The van der Waals surface area contributed by atoms with Crippen LogP contribution in [0.15, 0.2) is 42.5 Å². The zero-order chi connectivity index (χ0) is 21.9. The van der Waals surface area contributed by atoms with Crippen molar-refractivity contribution in [3.63, 3.8) is 0 Å². The highest BCUT2D eigenvalue weighted by molar-refractivity contribution is 6.00. The quantitative estimate of drug-likeness (QED) is 0.744. The SMILES string of the molecule is O=C(NCc1ccc(CN2CCOCC2)cc1)C1CC(=O)N(c2ccc3c(c2)OCO3)C1. The van der Waals surface area contributed by atoms with Gasteiger partial charge in [-0.25, -0.2) is 0 Å². The number of amides is 2. The van der Waals surface area contributed by atoms with Gasteiger partial charge in [0.25, 0.3) is 0 Å². The van der Waals surface area contributed by atoms with Gasteiger partial charge in [0.2, 0.25) is 18.6 Å². The van der Waals surface area contributed by atoms with Crippen molar-refractivity contribution in [2.24, 2.45) is 5.92 Å². The third-order valence-electron chi connectivity index (χ3n) is 6.16. The summed E-state index contributed by atoms with van der Waals surface area (Å²) in [5.74, 6) is 0.773. The van der Waals surface area contributed by atoms with E-state index in [0.29, 0.717) is 24.6 Å². The van der Waals surface area contributed by atoms with E-state index in [9.17, 15) is 9.59 Å². The van der Waals surface area contributed by atoms with Gasteiger partial charge < -0.3 is 24.4 Å².